The second-order valence-electron chi connectivity index (χ2n) is 7.20. The van der Waals surface area contributed by atoms with Crippen LogP contribution in [0.5, 0.6) is 0 Å². The van der Waals surface area contributed by atoms with Crippen LogP contribution in [0, 0.1) is 11.8 Å². The molecule has 0 atom stereocenters. The van der Waals surface area contributed by atoms with Crippen molar-refractivity contribution in [1.29, 1.82) is 0 Å². The highest BCUT2D eigenvalue weighted by atomic mass is 16.1. The molecule has 0 radical (unpaired) electrons. The van der Waals surface area contributed by atoms with Crippen molar-refractivity contribution >= 4 is 11.6 Å². The Morgan fingerprint density at radius 2 is 1.77 bits per heavy atom. The lowest BCUT2D eigenvalue weighted by molar-refractivity contribution is 0.102. The molecule has 0 saturated carbocycles. The Morgan fingerprint density at radius 1 is 0.968 bits per heavy atom. The maximum Gasteiger partial charge on any atom is 0.259 e. The zero-order chi connectivity index (χ0) is 21.6. The van der Waals surface area contributed by atoms with Crippen molar-refractivity contribution in [1.82, 2.24) is 19.7 Å². The van der Waals surface area contributed by atoms with E-state index in [0.717, 1.165) is 11.3 Å². The minimum atomic E-state index is -0.222. The van der Waals surface area contributed by atoms with E-state index in [0.29, 0.717) is 22.8 Å². The molecule has 1 aromatic carbocycles. The highest BCUT2D eigenvalue weighted by Crippen LogP contribution is 2.23. The Kier molecular flexibility index (Phi) is 5.86. The standard InChI is InChI=1S/C25H21N5O/c1-18(2)24-22(17-28-30(24)23-11-4-6-15-27-23)25(31)29-21-10-7-8-19(16-21)12-13-20-9-3-5-14-26-20/h3-11,14-18H,1-2H3,(H,29,31). The second-order valence-corrected chi connectivity index (χ2v) is 7.20. The Hall–Kier alpha value is -4.24. The van der Waals surface area contributed by atoms with Crippen LogP contribution >= 0.6 is 0 Å². The maximum atomic E-state index is 13.0. The summed E-state index contributed by atoms with van der Waals surface area (Å²) in [6, 6.07) is 18.6. The van der Waals surface area contributed by atoms with E-state index in [2.05, 4.69) is 32.2 Å². The molecule has 4 rings (SSSR count). The van der Waals surface area contributed by atoms with E-state index in [9.17, 15) is 4.79 Å². The summed E-state index contributed by atoms with van der Waals surface area (Å²) in [4.78, 5) is 21.6. The van der Waals surface area contributed by atoms with E-state index in [1.165, 1.54) is 0 Å². The first kappa shape index (κ1) is 20.0. The third-order valence-electron chi connectivity index (χ3n) is 4.58. The number of rotatable bonds is 4. The third-order valence-corrected chi connectivity index (χ3v) is 4.58. The molecule has 3 aromatic heterocycles. The zero-order valence-corrected chi connectivity index (χ0v) is 17.3. The van der Waals surface area contributed by atoms with Crippen LogP contribution in [0.2, 0.25) is 0 Å². The number of carbonyl (C=O) groups is 1. The number of hydrogen-bond donors (Lipinski definition) is 1. The molecule has 0 unspecified atom stereocenters. The minimum Gasteiger partial charge on any atom is -0.322 e. The lowest BCUT2D eigenvalue weighted by atomic mass is 10.1. The molecule has 0 bridgehead atoms. The van der Waals surface area contributed by atoms with E-state index < -0.39 is 0 Å². The summed E-state index contributed by atoms with van der Waals surface area (Å²) in [6.45, 7) is 4.06. The zero-order valence-electron chi connectivity index (χ0n) is 17.3. The highest BCUT2D eigenvalue weighted by molar-refractivity contribution is 6.05. The molecular weight excluding hydrogens is 386 g/mol. The quantitative estimate of drug-likeness (QED) is 0.508. The molecule has 3 heterocycles. The second kappa shape index (κ2) is 9.06. The van der Waals surface area contributed by atoms with Gasteiger partial charge in [-0.2, -0.15) is 5.10 Å². The van der Waals surface area contributed by atoms with E-state index in [-0.39, 0.29) is 11.8 Å². The van der Waals surface area contributed by atoms with E-state index in [1.807, 2.05) is 74.5 Å². The SMILES string of the molecule is CC(C)c1c(C(=O)Nc2cccc(C#Cc3ccccn3)c2)cnn1-c1ccccn1. The Bertz CT molecular complexity index is 1250. The predicted octanol–water partition coefficient (Wildman–Crippen LogP) is 4.44. The highest BCUT2D eigenvalue weighted by Gasteiger charge is 2.21. The smallest absolute Gasteiger partial charge is 0.259 e. The van der Waals surface area contributed by atoms with Crippen LogP contribution in [0.25, 0.3) is 5.82 Å². The average molecular weight is 407 g/mol. The third kappa shape index (κ3) is 4.68. The molecule has 0 spiro atoms. The molecule has 6 heteroatoms. The molecule has 0 aliphatic heterocycles. The fourth-order valence-corrected chi connectivity index (χ4v) is 3.20. The van der Waals surface area contributed by atoms with Crippen LogP contribution in [0.3, 0.4) is 0 Å². The van der Waals surface area contributed by atoms with Crippen LogP contribution in [-0.4, -0.2) is 25.7 Å². The van der Waals surface area contributed by atoms with Crippen molar-refractivity contribution in [3.8, 4) is 17.7 Å². The van der Waals surface area contributed by atoms with Gasteiger partial charge in [0.2, 0.25) is 0 Å². The number of anilines is 1. The maximum absolute atomic E-state index is 13.0. The summed E-state index contributed by atoms with van der Waals surface area (Å²) < 4.78 is 1.72. The Labute approximate surface area is 181 Å². The van der Waals surface area contributed by atoms with Gasteiger partial charge in [0.25, 0.3) is 5.91 Å². The summed E-state index contributed by atoms with van der Waals surface area (Å²) in [6.07, 6.45) is 5.00. The molecule has 6 nitrogen and oxygen atoms in total. The van der Waals surface area contributed by atoms with Gasteiger partial charge >= 0.3 is 0 Å². The number of amides is 1. The van der Waals surface area contributed by atoms with Crippen LogP contribution in [0.1, 0.15) is 47.1 Å². The molecule has 1 N–H and O–H groups in total. The van der Waals surface area contributed by atoms with Gasteiger partial charge in [0.05, 0.1) is 17.5 Å². The fourth-order valence-electron chi connectivity index (χ4n) is 3.20. The predicted molar refractivity (Wildman–Crippen MR) is 120 cm³/mol. The number of nitrogens with zero attached hydrogens (tertiary/aromatic N) is 4. The van der Waals surface area contributed by atoms with E-state index >= 15 is 0 Å². The number of nitrogens with one attached hydrogen (secondary N) is 1. The van der Waals surface area contributed by atoms with Gasteiger partial charge in [0, 0.05) is 23.6 Å². The number of hydrogen-bond acceptors (Lipinski definition) is 4. The van der Waals surface area contributed by atoms with Gasteiger partial charge in [-0.15, -0.1) is 0 Å². The molecule has 152 valence electrons. The van der Waals surface area contributed by atoms with E-state index in [1.54, 1.807) is 23.3 Å². The Morgan fingerprint density at radius 3 is 2.48 bits per heavy atom. The summed E-state index contributed by atoms with van der Waals surface area (Å²) in [5.74, 6) is 6.65. The van der Waals surface area contributed by atoms with Crippen LogP contribution in [0.15, 0.2) is 79.3 Å². The largest absolute Gasteiger partial charge is 0.322 e. The van der Waals surface area contributed by atoms with Crippen molar-refractivity contribution in [2.24, 2.45) is 0 Å². The summed E-state index contributed by atoms with van der Waals surface area (Å²) >= 11 is 0. The van der Waals surface area contributed by atoms with Gasteiger partial charge < -0.3 is 5.32 Å². The first-order chi connectivity index (χ1) is 15.1. The van der Waals surface area contributed by atoms with Crippen LogP contribution in [0.4, 0.5) is 5.69 Å². The number of pyridine rings is 2. The number of carbonyl (C=O) groups excluding carboxylic acids is 1. The van der Waals surface area contributed by atoms with Crippen molar-refractivity contribution < 1.29 is 4.79 Å². The van der Waals surface area contributed by atoms with Crippen molar-refractivity contribution in [3.05, 3.63) is 102 Å². The molecule has 0 saturated heterocycles. The van der Waals surface area contributed by atoms with Gasteiger partial charge in [-0.1, -0.05) is 38.0 Å². The molecular formula is C25H21N5O. The number of aromatic nitrogens is 4. The van der Waals surface area contributed by atoms with Gasteiger partial charge in [-0.3, -0.25) is 4.79 Å². The molecule has 0 fully saturated rings. The van der Waals surface area contributed by atoms with Crippen LogP contribution < -0.4 is 5.32 Å². The van der Waals surface area contributed by atoms with Crippen molar-refractivity contribution in [3.63, 3.8) is 0 Å². The average Bonchev–Trinajstić information content (AvgIpc) is 3.25. The molecule has 0 aliphatic rings. The lowest BCUT2D eigenvalue weighted by Gasteiger charge is -2.12. The summed E-state index contributed by atoms with van der Waals surface area (Å²) in [5.41, 5.74) is 3.48. The normalized spacial score (nSPS) is 10.4. The first-order valence-electron chi connectivity index (χ1n) is 9.95. The van der Waals surface area contributed by atoms with Gasteiger partial charge in [-0.25, -0.2) is 14.6 Å². The lowest BCUT2D eigenvalue weighted by Crippen LogP contribution is -2.15. The number of benzene rings is 1. The molecule has 1 amide bonds. The summed E-state index contributed by atoms with van der Waals surface area (Å²) in [7, 11) is 0. The summed E-state index contributed by atoms with van der Waals surface area (Å²) in [5, 5.41) is 7.38. The van der Waals surface area contributed by atoms with Gasteiger partial charge in [-0.05, 0) is 54.3 Å². The molecule has 31 heavy (non-hydrogen) atoms. The topological polar surface area (TPSA) is 72.7 Å². The van der Waals surface area contributed by atoms with Crippen molar-refractivity contribution in [2.45, 2.75) is 19.8 Å². The first-order valence-corrected chi connectivity index (χ1v) is 9.95. The molecule has 4 aromatic rings. The van der Waals surface area contributed by atoms with E-state index in [4.69, 9.17) is 0 Å². The fraction of sp³-hybridized carbons (Fsp3) is 0.120. The van der Waals surface area contributed by atoms with Crippen molar-refractivity contribution in [2.75, 3.05) is 5.32 Å². The van der Waals surface area contributed by atoms with Gasteiger partial charge in [0.15, 0.2) is 5.82 Å². The molecule has 0 aliphatic carbocycles. The Balaban J connectivity index is 1.58. The van der Waals surface area contributed by atoms with Gasteiger partial charge in [0.1, 0.15) is 5.69 Å². The minimum absolute atomic E-state index is 0.0841. The van der Waals surface area contributed by atoms with Crippen LogP contribution in [-0.2, 0) is 0 Å². The monoisotopic (exact) mass is 407 g/mol.